The van der Waals surface area contributed by atoms with Crippen LogP contribution in [0.4, 0.5) is 4.79 Å². The number of methoxy groups -OCH3 is 1. The third-order valence-electron chi connectivity index (χ3n) is 4.64. The van der Waals surface area contributed by atoms with E-state index in [4.69, 9.17) is 4.74 Å². The molecule has 20 heavy (non-hydrogen) atoms. The van der Waals surface area contributed by atoms with Gasteiger partial charge < -0.3 is 20.1 Å². The molecule has 6 heteroatoms. The summed E-state index contributed by atoms with van der Waals surface area (Å²) in [6, 6.07) is -0.163. The van der Waals surface area contributed by atoms with Gasteiger partial charge >= 0.3 is 12.0 Å². The van der Waals surface area contributed by atoms with Gasteiger partial charge in [0, 0.05) is 19.7 Å². The van der Waals surface area contributed by atoms with Crippen molar-refractivity contribution in [3.05, 3.63) is 0 Å². The van der Waals surface area contributed by atoms with E-state index in [0.29, 0.717) is 13.0 Å². The highest BCUT2D eigenvalue weighted by molar-refractivity contribution is 5.86. The summed E-state index contributed by atoms with van der Waals surface area (Å²) in [7, 11) is 1.68. The summed E-state index contributed by atoms with van der Waals surface area (Å²) in [6.07, 6.45) is 5.07. The SMILES string of the molecule is COC1CCC(NC(=O)N2CCCCC2(C)C(=O)O)C1. The molecule has 2 N–H and O–H groups in total. The van der Waals surface area contributed by atoms with E-state index in [0.717, 1.165) is 32.1 Å². The van der Waals surface area contributed by atoms with Crippen LogP contribution in [0.3, 0.4) is 0 Å². The lowest BCUT2D eigenvalue weighted by Crippen LogP contribution is -2.60. The molecule has 2 amide bonds. The van der Waals surface area contributed by atoms with Gasteiger partial charge in [-0.15, -0.1) is 0 Å². The minimum absolute atomic E-state index is 0.0902. The van der Waals surface area contributed by atoms with Crippen LogP contribution in [0.15, 0.2) is 0 Å². The molecule has 0 aromatic rings. The fourth-order valence-corrected chi connectivity index (χ4v) is 3.21. The number of ether oxygens (including phenoxy) is 1. The minimum atomic E-state index is -1.08. The number of hydrogen-bond acceptors (Lipinski definition) is 3. The number of urea groups is 1. The summed E-state index contributed by atoms with van der Waals surface area (Å²) in [4.78, 5) is 25.3. The number of amides is 2. The maximum absolute atomic E-state index is 12.4. The highest BCUT2D eigenvalue weighted by Gasteiger charge is 2.44. The standard InChI is InChI=1S/C14H24N2O4/c1-14(12(17)18)7-3-4-8-16(14)13(19)15-10-5-6-11(9-10)20-2/h10-11H,3-9H2,1-2H3,(H,15,19)(H,17,18). The number of carboxylic acids is 1. The van der Waals surface area contributed by atoms with E-state index in [1.54, 1.807) is 14.0 Å². The molecule has 3 unspecified atom stereocenters. The second kappa shape index (κ2) is 5.99. The Hall–Kier alpha value is -1.30. The molecule has 114 valence electrons. The van der Waals surface area contributed by atoms with E-state index < -0.39 is 11.5 Å². The van der Waals surface area contributed by atoms with Crippen LogP contribution in [0.25, 0.3) is 0 Å². The van der Waals surface area contributed by atoms with Crippen molar-refractivity contribution in [2.45, 2.75) is 63.1 Å². The van der Waals surface area contributed by atoms with Gasteiger partial charge in [0.25, 0.3) is 0 Å². The van der Waals surface area contributed by atoms with Crippen molar-refractivity contribution in [3.63, 3.8) is 0 Å². The molecule has 1 saturated carbocycles. The third-order valence-corrected chi connectivity index (χ3v) is 4.64. The average Bonchev–Trinajstić information content (AvgIpc) is 2.86. The van der Waals surface area contributed by atoms with Crippen LogP contribution in [-0.4, -0.2) is 53.3 Å². The number of hydrogen-bond donors (Lipinski definition) is 2. The number of rotatable bonds is 3. The van der Waals surface area contributed by atoms with Crippen molar-refractivity contribution in [2.24, 2.45) is 0 Å². The van der Waals surface area contributed by atoms with E-state index in [2.05, 4.69) is 5.32 Å². The van der Waals surface area contributed by atoms with E-state index in [9.17, 15) is 14.7 Å². The Kier molecular flexibility index (Phi) is 4.52. The Bertz CT molecular complexity index is 387. The Morgan fingerprint density at radius 3 is 2.70 bits per heavy atom. The molecular weight excluding hydrogens is 260 g/mol. The van der Waals surface area contributed by atoms with Crippen LogP contribution in [0.5, 0.6) is 0 Å². The molecule has 1 heterocycles. The van der Waals surface area contributed by atoms with Crippen molar-refractivity contribution < 1.29 is 19.4 Å². The number of aliphatic carboxylic acids is 1. The van der Waals surface area contributed by atoms with Gasteiger partial charge in [-0.2, -0.15) is 0 Å². The summed E-state index contributed by atoms with van der Waals surface area (Å²) < 4.78 is 5.29. The zero-order valence-electron chi connectivity index (χ0n) is 12.2. The number of carboxylic acid groups (broad SMARTS) is 1. The first-order valence-corrected chi connectivity index (χ1v) is 7.31. The van der Waals surface area contributed by atoms with Gasteiger partial charge in [0.1, 0.15) is 5.54 Å². The molecule has 2 aliphatic rings. The second-order valence-electron chi connectivity index (χ2n) is 6.00. The molecule has 6 nitrogen and oxygen atoms in total. The predicted octanol–water partition coefficient (Wildman–Crippen LogP) is 1.59. The smallest absolute Gasteiger partial charge is 0.329 e. The molecule has 0 radical (unpaired) electrons. The van der Waals surface area contributed by atoms with Gasteiger partial charge in [0.15, 0.2) is 0 Å². The van der Waals surface area contributed by atoms with Crippen molar-refractivity contribution in [3.8, 4) is 0 Å². The summed E-state index contributed by atoms with van der Waals surface area (Å²) in [6.45, 7) is 2.15. The first-order valence-electron chi connectivity index (χ1n) is 7.31. The van der Waals surface area contributed by atoms with Gasteiger partial charge in [-0.3, -0.25) is 0 Å². The molecule has 2 fully saturated rings. The van der Waals surface area contributed by atoms with Crippen LogP contribution in [0, 0.1) is 0 Å². The molecule has 1 aliphatic carbocycles. The van der Waals surface area contributed by atoms with Crippen LogP contribution in [0.2, 0.25) is 0 Å². The topological polar surface area (TPSA) is 78.9 Å². The molecule has 0 bridgehead atoms. The van der Waals surface area contributed by atoms with E-state index >= 15 is 0 Å². The Balaban J connectivity index is 1.98. The molecule has 2 rings (SSSR count). The third kappa shape index (κ3) is 2.90. The predicted molar refractivity (Wildman–Crippen MR) is 73.6 cm³/mol. The van der Waals surface area contributed by atoms with Crippen molar-refractivity contribution in [1.29, 1.82) is 0 Å². The fraction of sp³-hybridized carbons (Fsp3) is 0.857. The van der Waals surface area contributed by atoms with Crippen LogP contribution in [-0.2, 0) is 9.53 Å². The van der Waals surface area contributed by atoms with E-state index in [-0.39, 0.29) is 18.2 Å². The van der Waals surface area contributed by atoms with Gasteiger partial charge in [0.2, 0.25) is 0 Å². The number of nitrogens with one attached hydrogen (secondary N) is 1. The van der Waals surface area contributed by atoms with Crippen molar-refractivity contribution in [2.75, 3.05) is 13.7 Å². The van der Waals surface area contributed by atoms with Crippen LogP contribution >= 0.6 is 0 Å². The molecule has 0 spiro atoms. The first-order chi connectivity index (χ1) is 9.47. The largest absolute Gasteiger partial charge is 0.480 e. The lowest BCUT2D eigenvalue weighted by atomic mass is 9.89. The monoisotopic (exact) mass is 284 g/mol. The van der Waals surface area contributed by atoms with E-state index in [1.807, 2.05) is 0 Å². The number of likely N-dealkylation sites (tertiary alicyclic amines) is 1. The van der Waals surface area contributed by atoms with Crippen LogP contribution < -0.4 is 5.32 Å². The molecule has 0 aromatic heterocycles. The lowest BCUT2D eigenvalue weighted by Gasteiger charge is -2.41. The molecule has 1 saturated heterocycles. The zero-order chi connectivity index (χ0) is 14.8. The summed E-state index contributed by atoms with van der Waals surface area (Å²) in [5.74, 6) is -0.923. The number of carbonyl (C=O) groups is 2. The lowest BCUT2D eigenvalue weighted by molar-refractivity contribution is -0.150. The normalized spacial score (nSPS) is 34.0. The number of nitrogens with zero attached hydrogens (tertiary/aromatic N) is 1. The van der Waals surface area contributed by atoms with Crippen molar-refractivity contribution >= 4 is 12.0 Å². The summed E-state index contributed by atoms with van der Waals surface area (Å²) in [5.41, 5.74) is -1.08. The fourth-order valence-electron chi connectivity index (χ4n) is 3.21. The number of carbonyl (C=O) groups excluding carboxylic acids is 1. The van der Waals surface area contributed by atoms with Crippen LogP contribution in [0.1, 0.15) is 45.4 Å². The number of piperidine rings is 1. The molecule has 1 aliphatic heterocycles. The minimum Gasteiger partial charge on any atom is -0.480 e. The summed E-state index contributed by atoms with van der Waals surface area (Å²) >= 11 is 0. The second-order valence-corrected chi connectivity index (χ2v) is 6.00. The zero-order valence-corrected chi connectivity index (χ0v) is 12.2. The Labute approximate surface area is 119 Å². The van der Waals surface area contributed by atoms with Gasteiger partial charge in [0.05, 0.1) is 6.10 Å². The average molecular weight is 284 g/mol. The van der Waals surface area contributed by atoms with Gasteiger partial charge in [-0.25, -0.2) is 9.59 Å². The Morgan fingerprint density at radius 2 is 2.10 bits per heavy atom. The first kappa shape index (κ1) is 15.1. The summed E-state index contributed by atoms with van der Waals surface area (Å²) in [5, 5.41) is 12.4. The molecule has 3 atom stereocenters. The maximum Gasteiger partial charge on any atom is 0.329 e. The molecule has 0 aromatic carbocycles. The Morgan fingerprint density at radius 1 is 1.35 bits per heavy atom. The van der Waals surface area contributed by atoms with Crippen molar-refractivity contribution in [1.82, 2.24) is 10.2 Å². The maximum atomic E-state index is 12.4. The van der Waals surface area contributed by atoms with Gasteiger partial charge in [-0.1, -0.05) is 0 Å². The quantitative estimate of drug-likeness (QED) is 0.825. The highest BCUT2D eigenvalue weighted by atomic mass is 16.5. The highest BCUT2D eigenvalue weighted by Crippen LogP contribution is 2.29. The molecular formula is C14H24N2O4. The van der Waals surface area contributed by atoms with Gasteiger partial charge in [-0.05, 0) is 45.4 Å². The van der Waals surface area contributed by atoms with E-state index in [1.165, 1.54) is 4.90 Å².